The third-order valence-electron chi connectivity index (χ3n) is 4.52. The zero-order valence-electron chi connectivity index (χ0n) is 14.0. The summed E-state index contributed by atoms with van der Waals surface area (Å²) in [7, 11) is 0. The summed E-state index contributed by atoms with van der Waals surface area (Å²) in [4.78, 5) is 11.1. The molecule has 0 spiro atoms. The van der Waals surface area contributed by atoms with E-state index in [1.807, 2.05) is 29.1 Å². The van der Waals surface area contributed by atoms with Crippen molar-refractivity contribution in [2.24, 2.45) is 5.92 Å². The molecule has 2 aromatic rings. The lowest BCUT2D eigenvalue weighted by Crippen LogP contribution is -2.16. The van der Waals surface area contributed by atoms with Crippen LogP contribution in [0.15, 0.2) is 48.7 Å². The molecule has 1 heterocycles. The van der Waals surface area contributed by atoms with Gasteiger partial charge in [-0.25, -0.2) is 10.2 Å². The molecule has 130 valence electrons. The first-order valence-electron chi connectivity index (χ1n) is 8.53. The molecule has 0 aliphatic heterocycles. The molecule has 1 saturated carbocycles. The summed E-state index contributed by atoms with van der Waals surface area (Å²) in [6.07, 6.45) is 13.8. The molecule has 1 unspecified atom stereocenters. The molecule has 0 radical (unpaired) electrons. The predicted molar refractivity (Wildman–Crippen MR) is 95.5 cm³/mol. The van der Waals surface area contributed by atoms with Crippen molar-refractivity contribution in [3.05, 3.63) is 59.9 Å². The van der Waals surface area contributed by atoms with Gasteiger partial charge >= 0.3 is 0 Å². The summed E-state index contributed by atoms with van der Waals surface area (Å²) in [5.74, 6) is -0.0508. The zero-order chi connectivity index (χ0) is 17.5. The Labute approximate surface area is 146 Å². The molecule has 2 N–H and O–H groups in total. The number of amides is 1. The first-order chi connectivity index (χ1) is 12.3. The number of carbonyl (C=O) groups excluding carboxylic acids is 1. The highest BCUT2D eigenvalue weighted by molar-refractivity contribution is 5.90. The molecule has 1 aromatic heterocycles. The minimum Gasteiger partial charge on any atom is -0.288 e. The second kappa shape index (κ2) is 8.39. The Bertz CT molecular complexity index is 746. The van der Waals surface area contributed by atoms with Gasteiger partial charge in [0.15, 0.2) is 0 Å². The van der Waals surface area contributed by atoms with E-state index in [-0.39, 0.29) is 6.04 Å². The normalized spacial score (nSPS) is 16.7. The molecule has 25 heavy (non-hydrogen) atoms. The van der Waals surface area contributed by atoms with Crippen LogP contribution >= 0.6 is 0 Å². The van der Waals surface area contributed by atoms with Gasteiger partial charge < -0.3 is 0 Å². The minimum absolute atomic E-state index is 0.143. The van der Waals surface area contributed by atoms with Crippen LogP contribution in [0.3, 0.4) is 0 Å². The van der Waals surface area contributed by atoms with E-state index < -0.39 is 5.91 Å². The van der Waals surface area contributed by atoms with Crippen LogP contribution in [0.25, 0.3) is 12.2 Å². The molecule has 1 atom stereocenters. The van der Waals surface area contributed by atoms with Gasteiger partial charge in [0.2, 0.25) is 0 Å². The number of benzene rings is 1. The topological polar surface area (TPSA) is 80.0 Å². The Morgan fingerprint density at radius 3 is 2.72 bits per heavy atom. The Kier molecular flexibility index (Phi) is 5.74. The lowest BCUT2D eigenvalue weighted by molar-refractivity contribution is -0.124. The number of hydrogen-bond donors (Lipinski definition) is 2. The van der Waals surface area contributed by atoms with E-state index in [1.54, 1.807) is 5.48 Å². The summed E-state index contributed by atoms with van der Waals surface area (Å²) in [5.41, 5.74) is 3.30. The number of aromatic nitrogens is 3. The fourth-order valence-electron chi connectivity index (χ4n) is 3.24. The number of rotatable bonds is 6. The average Bonchev–Trinajstić information content (AvgIpc) is 3.33. The molecule has 0 bridgehead atoms. The monoisotopic (exact) mass is 338 g/mol. The molecule has 0 saturated heterocycles. The summed E-state index contributed by atoms with van der Waals surface area (Å²) in [6.45, 7) is 0. The zero-order valence-corrected chi connectivity index (χ0v) is 14.0. The van der Waals surface area contributed by atoms with E-state index in [0.29, 0.717) is 11.6 Å². The van der Waals surface area contributed by atoms with Crippen molar-refractivity contribution in [1.29, 1.82) is 0 Å². The predicted octanol–water partition coefficient (Wildman–Crippen LogP) is 3.24. The summed E-state index contributed by atoms with van der Waals surface area (Å²) >= 11 is 0. The highest BCUT2D eigenvalue weighted by atomic mass is 16.5. The van der Waals surface area contributed by atoms with Gasteiger partial charge in [-0.15, -0.1) is 5.10 Å². The summed E-state index contributed by atoms with van der Waals surface area (Å²) < 4.78 is 1.87. The van der Waals surface area contributed by atoms with Crippen LogP contribution in [0.4, 0.5) is 0 Å². The maximum absolute atomic E-state index is 11.1. The van der Waals surface area contributed by atoms with Crippen LogP contribution in [-0.4, -0.2) is 26.1 Å². The van der Waals surface area contributed by atoms with Crippen LogP contribution < -0.4 is 5.48 Å². The number of allylic oxidation sites excluding steroid dienone is 1. The van der Waals surface area contributed by atoms with Crippen molar-refractivity contribution >= 4 is 18.1 Å². The van der Waals surface area contributed by atoms with Crippen molar-refractivity contribution in [3.63, 3.8) is 0 Å². The standard InChI is InChI=1S/C19H22N4O2/c24-19(21-25)13-11-17-14-23(22-20-17)18(16-8-4-5-9-16)12-10-15-6-2-1-3-7-15/h1-3,6-7,10-14,16,18,25H,4-5,8-9H2,(H,21,24)/b12-10+,13-11+. The average molecular weight is 338 g/mol. The molecule has 1 aliphatic carbocycles. The number of carbonyl (C=O) groups is 1. The van der Waals surface area contributed by atoms with E-state index in [9.17, 15) is 4.79 Å². The number of nitrogens with one attached hydrogen (secondary N) is 1. The Balaban J connectivity index is 1.80. The lowest BCUT2D eigenvalue weighted by Gasteiger charge is -2.19. The van der Waals surface area contributed by atoms with Gasteiger partial charge in [0.1, 0.15) is 5.69 Å². The molecular formula is C19H22N4O2. The Hall–Kier alpha value is -2.73. The van der Waals surface area contributed by atoms with E-state index >= 15 is 0 Å². The molecule has 6 heteroatoms. The molecule has 1 amide bonds. The number of hydrogen-bond acceptors (Lipinski definition) is 4. The van der Waals surface area contributed by atoms with Crippen LogP contribution in [0.1, 0.15) is 43.0 Å². The van der Waals surface area contributed by atoms with Gasteiger partial charge in [0, 0.05) is 6.08 Å². The van der Waals surface area contributed by atoms with Gasteiger partial charge in [-0.2, -0.15) is 0 Å². The van der Waals surface area contributed by atoms with Crippen molar-refractivity contribution in [2.75, 3.05) is 0 Å². The van der Waals surface area contributed by atoms with Crippen molar-refractivity contribution in [2.45, 2.75) is 31.7 Å². The fraction of sp³-hybridized carbons (Fsp3) is 0.316. The van der Waals surface area contributed by atoms with Crippen molar-refractivity contribution in [1.82, 2.24) is 20.5 Å². The van der Waals surface area contributed by atoms with Gasteiger partial charge in [-0.05, 0) is 30.4 Å². The molecule has 1 aromatic carbocycles. The summed E-state index contributed by atoms with van der Waals surface area (Å²) in [6, 6.07) is 10.3. The third kappa shape index (κ3) is 4.64. The van der Waals surface area contributed by atoms with Crippen LogP contribution in [-0.2, 0) is 4.79 Å². The van der Waals surface area contributed by atoms with Gasteiger partial charge in [0.25, 0.3) is 5.91 Å². The van der Waals surface area contributed by atoms with E-state index in [1.165, 1.54) is 37.8 Å². The van der Waals surface area contributed by atoms with Crippen LogP contribution in [0, 0.1) is 5.92 Å². The maximum atomic E-state index is 11.1. The molecule has 3 rings (SSSR count). The molecule has 1 aliphatic rings. The fourth-order valence-corrected chi connectivity index (χ4v) is 3.24. The number of nitrogens with zero attached hydrogens (tertiary/aromatic N) is 3. The van der Waals surface area contributed by atoms with E-state index in [2.05, 4.69) is 34.6 Å². The van der Waals surface area contributed by atoms with Crippen LogP contribution in [0.2, 0.25) is 0 Å². The number of hydroxylamine groups is 1. The second-order valence-electron chi connectivity index (χ2n) is 6.24. The van der Waals surface area contributed by atoms with E-state index in [0.717, 1.165) is 5.56 Å². The molecule has 6 nitrogen and oxygen atoms in total. The van der Waals surface area contributed by atoms with Crippen molar-refractivity contribution < 1.29 is 10.0 Å². The first-order valence-corrected chi connectivity index (χ1v) is 8.53. The van der Waals surface area contributed by atoms with Gasteiger partial charge in [-0.1, -0.05) is 60.5 Å². The molecule has 1 fully saturated rings. The second-order valence-corrected chi connectivity index (χ2v) is 6.24. The van der Waals surface area contributed by atoms with Crippen LogP contribution in [0.5, 0.6) is 0 Å². The summed E-state index contributed by atoms with van der Waals surface area (Å²) in [5, 5.41) is 16.9. The quantitative estimate of drug-likeness (QED) is 0.481. The van der Waals surface area contributed by atoms with Gasteiger partial charge in [0.05, 0.1) is 12.2 Å². The first kappa shape index (κ1) is 17.1. The SMILES string of the molecule is O=C(/C=C/c1cn(C(/C=C/c2ccccc2)C2CCCC2)nn1)NO. The van der Waals surface area contributed by atoms with Gasteiger partial charge in [-0.3, -0.25) is 10.0 Å². The highest BCUT2D eigenvalue weighted by Gasteiger charge is 2.25. The van der Waals surface area contributed by atoms with Crippen molar-refractivity contribution in [3.8, 4) is 0 Å². The minimum atomic E-state index is -0.592. The maximum Gasteiger partial charge on any atom is 0.267 e. The highest BCUT2D eigenvalue weighted by Crippen LogP contribution is 2.35. The van der Waals surface area contributed by atoms with E-state index in [4.69, 9.17) is 5.21 Å². The Morgan fingerprint density at radius 1 is 1.24 bits per heavy atom. The molecular weight excluding hydrogens is 316 g/mol. The Morgan fingerprint density at radius 2 is 2.00 bits per heavy atom. The third-order valence-corrected chi connectivity index (χ3v) is 4.52. The largest absolute Gasteiger partial charge is 0.288 e. The smallest absolute Gasteiger partial charge is 0.267 e. The lowest BCUT2D eigenvalue weighted by atomic mass is 9.97.